The summed E-state index contributed by atoms with van der Waals surface area (Å²) in [4.78, 5) is 13.2. The lowest BCUT2D eigenvalue weighted by atomic mass is 9.95. The first-order valence-electron chi connectivity index (χ1n) is 8.99. The molecule has 1 amide bonds. The Hall–Kier alpha value is -3.06. The quantitative estimate of drug-likeness (QED) is 0.648. The van der Waals surface area contributed by atoms with Gasteiger partial charge < -0.3 is 25.4 Å². The standard InChI is InChI=1S/C21H23N3O3S/c1-4-27-17-8-6-5-7-16(17)23-20(25)18-13(2)22-21(28)24-19(18)14-9-11-15(26-3)12-10-14/h5-12,19H,4H2,1-3H3,(H,23,25)(H2,22,24,28)/t19-/m1/s1. The zero-order valence-electron chi connectivity index (χ0n) is 16.0. The molecule has 2 aromatic carbocycles. The monoisotopic (exact) mass is 397 g/mol. The molecule has 0 saturated heterocycles. The van der Waals surface area contributed by atoms with E-state index in [2.05, 4.69) is 16.0 Å². The number of carbonyl (C=O) groups is 1. The van der Waals surface area contributed by atoms with E-state index in [0.29, 0.717) is 34.4 Å². The van der Waals surface area contributed by atoms with Crippen LogP contribution in [0.4, 0.5) is 5.69 Å². The molecule has 0 radical (unpaired) electrons. The average Bonchev–Trinajstić information content (AvgIpc) is 2.69. The van der Waals surface area contributed by atoms with E-state index in [9.17, 15) is 4.79 Å². The van der Waals surface area contributed by atoms with E-state index in [1.807, 2.05) is 62.4 Å². The van der Waals surface area contributed by atoms with Crippen LogP contribution in [-0.2, 0) is 4.79 Å². The molecule has 7 heteroatoms. The second-order valence-electron chi connectivity index (χ2n) is 6.23. The molecule has 0 bridgehead atoms. The maximum atomic E-state index is 13.2. The Morgan fingerprint density at radius 1 is 1.18 bits per heavy atom. The van der Waals surface area contributed by atoms with Crippen LogP contribution in [0.5, 0.6) is 11.5 Å². The van der Waals surface area contributed by atoms with Gasteiger partial charge in [-0.15, -0.1) is 0 Å². The van der Waals surface area contributed by atoms with Crippen molar-refractivity contribution in [1.82, 2.24) is 10.6 Å². The predicted molar refractivity (Wildman–Crippen MR) is 114 cm³/mol. The van der Waals surface area contributed by atoms with Gasteiger partial charge in [0.1, 0.15) is 11.5 Å². The van der Waals surface area contributed by atoms with Gasteiger partial charge in [-0.3, -0.25) is 4.79 Å². The number of rotatable bonds is 6. The number of anilines is 1. The van der Waals surface area contributed by atoms with Crippen molar-refractivity contribution in [1.29, 1.82) is 0 Å². The summed E-state index contributed by atoms with van der Waals surface area (Å²) >= 11 is 5.30. The molecule has 146 valence electrons. The summed E-state index contributed by atoms with van der Waals surface area (Å²) in [6.45, 7) is 4.26. The number of carbonyl (C=O) groups excluding carboxylic acids is 1. The number of hydrogen-bond donors (Lipinski definition) is 3. The van der Waals surface area contributed by atoms with Gasteiger partial charge in [-0.1, -0.05) is 24.3 Å². The number of thiocarbonyl (C=S) groups is 1. The molecule has 0 aromatic heterocycles. The molecule has 1 aliphatic heterocycles. The number of ether oxygens (including phenoxy) is 2. The first-order valence-corrected chi connectivity index (χ1v) is 9.39. The van der Waals surface area contributed by atoms with E-state index in [1.165, 1.54) is 0 Å². The van der Waals surface area contributed by atoms with Crippen molar-refractivity contribution in [2.45, 2.75) is 19.9 Å². The highest BCUT2D eigenvalue weighted by atomic mass is 32.1. The minimum absolute atomic E-state index is 0.229. The minimum atomic E-state index is -0.376. The van der Waals surface area contributed by atoms with Crippen molar-refractivity contribution in [3.05, 3.63) is 65.4 Å². The number of nitrogens with one attached hydrogen (secondary N) is 3. The Labute approximate surface area is 169 Å². The van der Waals surface area contributed by atoms with Crippen LogP contribution in [0.2, 0.25) is 0 Å². The van der Waals surface area contributed by atoms with Crippen molar-refractivity contribution in [2.24, 2.45) is 0 Å². The van der Waals surface area contributed by atoms with Gasteiger partial charge in [-0.05, 0) is 55.9 Å². The lowest BCUT2D eigenvalue weighted by Crippen LogP contribution is -2.45. The molecule has 3 rings (SSSR count). The van der Waals surface area contributed by atoms with E-state index in [1.54, 1.807) is 7.11 Å². The van der Waals surface area contributed by atoms with Crippen molar-refractivity contribution >= 4 is 28.9 Å². The molecule has 2 aromatic rings. The molecule has 0 saturated carbocycles. The molecule has 1 atom stereocenters. The van der Waals surface area contributed by atoms with Crippen molar-refractivity contribution < 1.29 is 14.3 Å². The van der Waals surface area contributed by atoms with E-state index in [0.717, 1.165) is 11.3 Å². The second-order valence-corrected chi connectivity index (χ2v) is 6.63. The van der Waals surface area contributed by atoms with Gasteiger partial charge in [-0.2, -0.15) is 0 Å². The number of hydrogen-bond acceptors (Lipinski definition) is 4. The van der Waals surface area contributed by atoms with E-state index < -0.39 is 0 Å². The molecule has 28 heavy (non-hydrogen) atoms. The molecule has 6 nitrogen and oxygen atoms in total. The topological polar surface area (TPSA) is 71.6 Å². The van der Waals surface area contributed by atoms with Gasteiger partial charge in [0.25, 0.3) is 5.91 Å². The third kappa shape index (κ3) is 4.26. The molecule has 0 aliphatic carbocycles. The SMILES string of the molecule is CCOc1ccccc1NC(=O)C1=C(C)NC(=S)N[C@@H]1c1ccc(OC)cc1. The zero-order valence-corrected chi connectivity index (χ0v) is 16.9. The lowest BCUT2D eigenvalue weighted by Gasteiger charge is -2.30. The molecule has 1 heterocycles. The largest absolute Gasteiger partial charge is 0.497 e. The summed E-state index contributed by atoms with van der Waals surface area (Å²) in [6.07, 6.45) is 0. The van der Waals surface area contributed by atoms with Crippen molar-refractivity contribution in [3.63, 3.8) is 0 Å². The average molecular weight is 398 g/mol. The fourth-order valence-corrected chi connectivity index (χ4v) is 3.35. The van der Waals surface area contributed by atoms with Crippen LogP contribution >= 0.6 is 12.2 Å². The highest BCUT2D eigenvalue weighted by Gasteiger charge is 2.30. The van der Waals surface area contributed by atoms with Crippen molar-refractivity contribution in [3.8, 4) is 11.5 Å². The first-order chi connectivity index (χ1) is 13.5. The summed E-state index contributed by atoms with van der Waals surface area (Å²) in [6, 6.07) is 14.5. The second kappa shape index (κ2) is 8.75. The Morgan fingerprint density at radius 3 is 2.57 bits per heavy atom. The van der Waals surface area contributed by atoms with Crippen molar-refractivity contribution in [2.75, 3.05) is 19.0 Å². The number of amides is 1. The minimum Gasteiger partial charge on any atom is -0.497 e. The van der Waals surface area contributed by atoms with Crippen LogP contribution in [0.3, 0.4) is 0 Å². The molecule has 3 N–H and O–H groups in total. The lowest BCUT2D eigenvalue weighted by molar-refractivity contribution is -0.113. The Balaban J connectivity index is 1.92. The first kappa shape index (κ1) is 19.7. The third-order valence-corrected chi connectivity index (χ3v) is 4.62. The normalized spacial score (nSPS) is 16.1. The van der Waals surface area contributed by atoms with Gasteiger partial charge in [0.2, 0.25) is 0 Å². The molecule has 1 aliphatic rings. The van der Waals surface area contributed by atoms with Gasteiger partial charge in [0.05, 0.1) is 31.0 Å². The zero-order chi connectivity index (χ0) is 20.1. The maximum absolute atomic E-state index is 13.2. The van der Waals surface area contributed by atoms with E-state index >= 15 is 0 Å². The smallest absolute Gasteiger partial charge is 0.255 e. The molecular weight excluding hydrogens is 374 g/mol. The highest BCUT2D eigenvalue weighted by molar-refractivity contribution is 7.80. The number of benzene rings is 2. The van der Waals surface area contributed by atoms with Gasteiger partial charge in [0, 0.05) is 5.70 Å². The molecular formula is C21H23N3O3S. The van der Waals surface area contributed by atoms with E-state index in [4.69, 9.17) is 21.7 Å². The van der Waals surface area contributed by atoms with Crippen LogP contribution in [0, 0.1) is 0 Å². The summed E-state index contributed by atoms with van der Waals surface area (Å²) < 4.78 is 10.8. The fraction of sp³-hybridized carbons (Fsp3) is 0.238. The third-order valence-electron chi connectivity index (χ3n) is 4.40. The highest BCUT2D eigenvalue weighted by Crippen LogP contribution is 2.30. The molecule has 0 spiro atoms. The number of methoxy groups -OCH3 is 1. The summed E-state index contributed by atoms with van der Waals surface area (Å²) in [5.74, 6) is 1.15. The van der Waals surface area contributed by atoms with Crippen LogP contribution in [0.25, 0.3) is 0 Å². The Bertz CT molecular complexity index is 909. The maximum Gasteiger partial charge on any atom is 0.255 e. The van der Waals surface area contributed by atoms with E-state index in [-0.39, 0.29) is 11.9 Å². The summed E-state index contributed by atoms with van der Waals surface area (Å²) in [7, 11) is 1.62. The predicted octanol–water partition coefficient (Wildman–Crippen LogP) is 3.53. The number of allylic oxidation sites excluding steroid dienone is 1. The fourth-order valence-electron chi connectivity index (χ4n) is 3.08. The Kier molecular flexibility index (Phi) is 6.16. The van der Waals surface area contributed by atoms with Crippen LogP contribution in [-0.4, -0.2) is 24.7 Å². The van der Waals surface area contributed by atoms with Gasteiger partial charge >= 0.3 is 0 Å². The van der Waals surface area contributed by atoms with Gasteiger partial charge in [-0.25, -0.2) is 0 Å². The Morgan fingerprint density at radius 2 is 1.89 bits per heavy atom. The van der Waals surface area contributed by atoms with Gasteiger partial charge in [0.15, 0.2) is 5.11 Å². The summed E-state index contributed by atoms with van der Waals surface area (Å²) in [5, 5.41) is 9.67. The van der Waals surface area contributed by atoms with Crippen LogP contribution in [0.1, 0.15) is 25.5 Å². The molecule has 0 unspecified atom stereocenters. The number of para-hydroxylation sites is 2. The molecule has 0 fully saturated rings. The van der Waals surface area contributed by atoms with Crippen LogP contribution in [0.15, 0.2) is 59.8 Å². The summed E-state index contributed by atoms with van der Waals surface area (Å²) in [5.41, 5.74) is 2.80. The van der Waals surface area contributed by atoms with Crippen LogP contribution < -0.4 is 25.4 Å².